The average molecular weight is 406 g/mol. The number of nitro groups is 1. The number of non-ortho nitro benzene ring substituents is 1. The second-order valence-corrected chi connectivity index (χ2v) is 7.78. The minimum absolute atomic E-state index is 0.0588. The molecule has 1 aromatic heterocycles. The lowest BCUT2D eigenvalue weighted by molar-refractivity contribution is -0.384. The van der Waals surface area contributed by atoms with Crippen molar-refractivity contribution in [3.05, 3.63) is 75.7 Å². The molecule has 1 saturated heterocycles. The fourth-order valence-electron chi connectivity index (χ4n) is 4.08. The Kier molecular flexibility index (Phi) is 5.31. The summed E-state index contributed by atoms with van der Waals surface area (Å²) in [6.07, 6.45) is 5.30. The van der Waals surface area contributed by atoms with Gasteiger partial charge in [-0.15, -0.1) is 0 Å². The summed E-state index contributed by atoms with van der Waals surface area (Å²) < 4.78 is 0. The van der Waals surface area contributed by atoms with Crippen molar-refractivity contribution in [1.82, 2.24) is 14.8 Å². The molecule has 0 saturated carbocycles. The summed E-state index contributed by atoms with van der Waals surface area (Å²) in [6.45, 7) is 3.67. The second kappa shape index (κ2) is 8.06. The molecule has 2 amide bonds. The Bertz CT molecular complexity index is 1020. The van der Waals surface area contributed by atoms with E-state index in [4.69, 9.17) is 0 Å². The van der Waals surface area contributed by atoms with E-state index in [2.05, 4.69) is 11.9 Å². The number of aromatic nitrogens is 1. The van der Waals surface area contributed by atoms with Gasteiger partial charge in [0.15, 0.2) is 0 Å². The van der Waals surface area contributed by atoms with Crippen LogP contribution >= 0.6 is 0 Å². The molecule has 3 heterocycles. The number of hydrogen-bond donors (Lipinski definition) is 0. The van der Waals surface area contributed by atoms with E-state index in [1.54, 1.807) is 30.6 Å². The summed E-state index contributed by atoms with van der Waals surface area (Å²) in [4.78, 5) is 44.5. The second-order valence-electron chi connectivity index (χ2n) is 7.78. The third-order valence-electron chi connectivity index (χ3n) is 5.55. The molecule has 0 spiro atoms. The topological polar surface area (TPSA) is 96.7 Å². The van der Waals surface area contributed by atoms with Crippen LogP contribution in [0.2, 0.25) is 0 Å². The summed E-state index contributed by atoms with van der Waals surface area (Å²) in [5, 5.41) is 11.0. The maximum absolute atomic E-state index is 13.4. The number of piperidine rings is 1. The smallest absolute Gasteiger partial charge is 0.278 e. The van der Waals surface area contributed by atoms with Gasteiger partial charge in [0, 0.05) is 37.6 Å². The Morgan fingerprint density at radius 1 is 1.17 bits per heavy atom. The molecule has 0 N–H and O–H groups in total. The van der Waals surface area contributed by atoms with Crippen molar-refractivity contribution in [3.63, 3.8) is 0 Å². The number of carbonyl (C=O) groups excluding carboxylic acids is 2. The van der Waals surface area contributed by atoms with Crippen LogP contribution in [-0.4, -0.2) is 44.6 Å². The van der Waals surface area contributed by atoms with Gasteiger partial charge < -0.3 is 4.90 Å². The van der Waals surface area contributed by atoms with Crippen molar-refractivity contribution in [2.45, 2.75) is 26.3 Å². The normalized spacial score (nSPS) is 19.6. The monoisotopic (exact) mass is 406 g/mol. The van der Waals surface area contributed by atoms with Crippen molar-refractivity contribution < 1.29 is 14.5 Å². The third kappa shape index (κ3) is 3.68. The molecule has 8 heteroatoms. The number of hydrogen-bond acceptors (Lipinski definition) is 6. The number of carbonyl (C=O) groups is 2. The highest BCUT2D eigenvalue weighted by Crippen LogP contribution is 2.35. The standard InChI is InChI=1S/C22H22N4O4/c1-15-4-3-11-24(13-15)20-19(17-6-8-18(9-7-17)26(29)30)21(27)25(22(20)28)14-16-5-2-10-23-12-16/h2,5-10,12,15H,3-4,11,13-14H2,1H3. The van der Waals surface area contributed by atoms with Crippen molar-refractivity contribution in [2.24, 2.45) is 5.92 Å². The molecular weight excluding hydrogens is 384 g/mol. The number of benzene rings is 1. The Balaban J connectivity index is 1.74. The zero-order valence-electron chi connectivity index (χ0n) is 16.7. The average Bonchev–Trinajstić information content (AvgIpc) is 2.99. The van der Waals surface area contributed by atoms with Crippen molar-refractivity contribution in [1.29, 1.82) is 0 Å². The lowest BCUT2D eigenvalue weighted by Gasteiger charge is -2.33. The van der Waals surface area contributed by atoms with E-state index in [0.29, 0.717) is 35.8 Å². The Hall–Kier alpha value is -3.55. The molecule has 2 aliphatic rings. The van der Waals surface area contributed by atoms with Crippen molar-refractivity contribution >= 4 is 23.1 Å². The zero-order chi connectivity index (χ0) is 21.3. The van der Waals surface area contributed by atoms with Crippen LogP contribution in [0.4, 0.5) is 5.69 Å². The van der Waals surface area contributed by atoms with Crippen LogP contribution in [0.3, 0.4) is 0 Å². The summed E-state index contributed by atoms with van der Waals surface area (Å²) >= 11 is 0. The number of pyridine rings is 1. The molecule has 1 fully saturated rings. The van der Waals surface area contributed by atoms with Gasteiger partial charge in [0.1, 0.15) is 5.70 Å². The van der Waals surface area contributed by atoms with E-state index in [1.807, 2.05) is 11.0 Å². The lowest BCUT2D eigenvalue weighted by Crippen LogP contribution is -2.39. The largest absolute Gasteiger partial charge is 0.366 e. The molecule has 1 unspecified atom stereocenters. The van der Waals surface area contributed by atoms with Gasteiger partial charge in [-0.25, -0.2) is 0 Å². The first kappa shape index (κ1) is 19.8. The highest BCUT2D eigenvalue weighted by Gasteiger charge is 2.42. The van der Waals surface area contributed by atoms with Crippen LogP contribution in [0, 0.1) is 16.0 Å². The van der Waals surface area contributed by atoms with Crippen LogP contribution in [0.25, 0.3) is 5.57 Å². The van der Waals surface area contributed by atoms with E-state index < -0.39 is 4.92 Å². The molecule has 154 valence electrons. The predicted octanol–water partition coefficient (Wildman–Crippen LogP) is 3.00. The van der Waals surface area contributed by atoms with Gasteiger partial charge in [0.25, 0.3) is 17.5 Å². The highest BCUT2D eigenvalue weighted by atomic mass is 16.6. The van der Waals surface area contributed by atoms with Crippen LogP contribution in [0.15, 0.2) is 54.5 Å². The molecule has 1 atom stereocenters. The van der Waals surface area contributed by atoms with Gasteiger partial charge in [-0.2, -0.15) is 0 Å². The molecule has 2 aliphatic heterocycles. The number of nitro benzene ring substituents is 1. The van der Waals surface area contributed by atoms with Crippen molar-refractivity contribution in [2.75, 3.05) is 13.1 Å². The minimum atomic E-state index is -0.484. The van der Waals surface area contributed by atoms with E-state index in [1.165, 1.54) is 17.0 Å². The number of likely N-dealkylation sites (tertiary alicyclic amines) is 1. The van der Waals surface area contributed by atoms with E-state index in [-0.39, 0.29) is 24.0 Å². The maximum atomic E-state index is 13.4. The number of rotatable bonds is 5. The van der Waals surface area contributed by atoms with Gasteiger partial charge in [-0.3, -0.25) is 29.6 Å². The highest BCUT2D eigenvalue weighted by molar-refractivity contribution is 6.35. The van der Waals surface area contributed by atoms with Gasteiger partial charge in [0.2, 0.25) is 0 Å². The number of imide groups is 1. The Morgan fingerprint density at radius 2 is 1.93 bits per heavy atom. The summed E-state index contributed by atoms with van der Waals surface area (Å²) in [5.41, 5.74) is 1.92. The molecule has 0 aliphatic carbocycles. The molecule has 0 radical (unpaired) electrons. The quantitative estimate of drug-likeness (QED) is 0.430. The Morgan fingerprint density at radius 3 is 2.57 bits per heavy atom. The van der Waals surface area contributed by atoms with Crippen LogP contribution in [0.1, 0.15) is 30.9 Å². The van der Waals surface area contributed by atoms with Gasteiger partial charge in [-0.05, 0) is 48.1 Å². The lowest BCUT2D eigenvalue weighted by atomic mass is 9.97. The number of nitrogens with zero attached hydrogens (tertiary/aromatic N) is 4. The van der Waals surface area contributed by atoms with Gasteiger partial charge in [-0.1, -0.05) is 13.0 Å². The van der Waals surface area contributed by atoms with Crippen LogP contribution in [0.5, 0.6) is 0 Å². The van der Waals surface area contributed by atoms with Gasteiger partial charge in [0.05, 0.1) is 17.0 Å². The molecule has 4 rings (SSSR count). The molecular formula is C22H22N4O4. The third-order valence-corrected chi connectivity index (χ3v) is 5.55. The van der Waals surface area contributed by atoms with Gasteiger partial charge >= 0.3 is 0 Å². The van der Waals surface area contributed by atoms with Crippen LogP contribution in [-0.2, 0) is 16.1 Å². The fraction of sp³-hybridized carbons (Fsp3) is 0.318. The molecule has 1 aromatic carbocycles. The SMILES string of the molecule is CC1CCCN(C2=C(c3ccc([N+](=O)[O-])cc3)C(=O)N(Cc3cccnc3)C2=O)C1. The molecule has 2 aromatic rings. The van der Waals surface area contributed by atoms with E-state index in [9.17, 15) is 19.7 Å². The molecule has 30 heavy (non-hydrogen) atoms. The molecule has 0 bridgehead atoms. The van der Waals surface area contributed by atoms with Crippen LogP contribution < -0.4 is 0 Å². The summed E-state index contributed by atoms with van der Waals surface area (Å²) in [7, 11) is 0. The first-order chi connectivity index (χ1) is 14.5. The van der Waals surface area contributed by atoms with E-state index >= 15 is 0 Å². The fourth-order valence-corrected chi connectivity index (χ4v) is 4.08. The minimum Gasteiger partial charge on any atom is -0.366 e. The Labute approximate surface area is 174 Å². The predicted molar refractivity (Wildman–Crippen MR) is 110 cm³/mol. The number of amides is 2. The maximum Gasteiger partial charge on any atom is 0.278 e. The van der Waals surface area contributed by atoms with Crippen molar-refractivity contribution in [3.8, 4) is 0 Å². The molecule has 8 nitrogen and oxygen atoms in total. The first-order valence-corrected chi connectivity index (χ1v) is 9.95. The first-order valence-electron chi connectivity index (χ1n) is 9.95. The summed E-state index contributed by atoms with van der Waals surface area (Å²) in [6, 6.07) is 9.39. The summed E-state index contributed by atoms with van der Waals surface area (Å²) in [5.74, 6) is -0.295. The zero-order valence-corrected chi connectivity index (χ0v) is 16.7. The van der Waals surface area contributed by atoms with E-state index in [0.717, 1.165) is 18.4 Å².